The van der Waals surface area contributed by atoms with Gasteiger partial charge in [-0.2, -0.15) is 12.6 Å². The zero-order valence-corrected chi connectivity index (χ0v) is 10.0. The first-order chi connectivity index (χ1) is 6.99. The molecule has 0 saturated carbocycles. The third-order valence-corrected chi connectivity index (χ3v) is 3.56. The number of carbonyl (C=O) groups is 2. The Bertz CT molecular complexity index is 274. The van der Waals surface area contributed by atoms with Gasteiger partial charge in [-0.3, -0.25) is 4.79 Å². The SMILES string of the molecule is CC(CS)C(=O)N1CCC(Cl)[C@H]1C(=O)O. The Morgan fingerprint density at radius 1 is 1.67 bits per heavy atom. The third kappa shape index (κ3) is 2.58. The van der Waals surface area contributed by atoms with Crippen LogP contribution in [0.5, 0.6) is 0 Å². The molecule has 1 aliphatic heterocycles. The van der Waals surface area contributed by atoms with Crippen LogP contribution < -0.4 is 0 Å². The molecule has 15 heavy (non-hydrogen) atoms. The highest BCUT2D eigenvalue weighted by molar-refractivity contribution is 7.80. The Labute approximate surface area is 99.0 Å². The summed E-state index contributed by atoms with van der Waals surface area (Å²) in [7, 11) is 0. The highest BCUT2D eigenvalue weighted by atomic mass is 35.5. The maximum Gasteiger partial charge on any atom is 0.327 e. The van der Waals surface area contributed by atoms with Crippen molar-refractivity contribution in [1.29, 1.82) is 0 Å². The molecule has 4 nitrogen and oxygen atoms in total. The smallest absolute Gasteiger partial charge is 0.327 e. The van der Waals surface area contributed by atoms with Gasteiger partial charge in [-0.1, -0.05) is 6.92 Å². The molecule has 0 aliphatic carbocycles. The number of carboxylic acid groups (broad SMARTS) is 1. The van der Waals surface area contributed by atoms with E-state index < -0.39 is 17.4 Å². The topological polar surface area (TPSA) is 57.6 Å². The monoisotopic (exact) mass is 251 g/mol. The number of aliphatic carboxylic acids is 1. The van der Waals surface area contributed by atoms with Crippen molar-refractivity contribution in [3.8, 4) is 0 Å². The average molecular weight is 252 g/mol. The van der Waals surface area contributed by atoms with Gasteiger partial charge in [0.25, 0.3) is 0 Å². The second kappa shape index (κ2) is 5.07. The standard InChI is InChI=1S/C9H14ClNO3S/c1-5(4-15)8(12)11-3-2-6(10)7(11)9(13)14/h5-7,15H,2-4H2,1H3,(H,13,14)/t5?,6?,7-/m0/s1. The number of amides is 1. The zero-order valence-electron chi connectivity index (χ0n) is 8.39. The fourth-order valence-electron chi connectivity index (χ4n) is 1.65. The molecule has 86 valence electrons. The van der Waals surface area contributed by atoms with Crippen LogP contribution in [0, 0.1) is 5.92 Å². The van der Waals surface area contributed by atoms with Crippen LogP contribution in [-0.2, 0) is 9.59 Å². The third-order valence-electron chi connectivity index (χ3n) is 2.56. The molecule has 1 amide bonds. The van der Waals surface area contributed by atoms with Crippen molar-refractivity contribution in [3.63, 3.8) is 0 Å². The van der Waals surface area contributed by atoms with Crippen LogP contribution >= 0.6 is 24.2 Å². The lowest BCUT2D eigenvalue weighted by molar-refractivity contribution is -0.149. The second-order valence-corrected chi connectivity index (χ2v) is 4.63. The van der Waals surface area contributed by atoms with Crippen molar-refractivity contribution in [2.75, 3.05) is 12.3 Å². The lowest BCUT2D eigenvalue weighted by atomic mass is 10.1. The lowest BCUT2D eigenvalue weighted by Crippen LogP contribution is -2.46. The van der Waals surface area contributed by atoms with Gasteiger partial charge in [0.15, 0.2) is 0 Å². The van der Waals surface area contributed by atoms with E-state index in [-0.39, 0.29) is 11.8 Å². The molecule has 1 heterocycles. The molecular weight excluding hydrogens is 238 g/mol. The van der Waals surface area contributed by atoms with Gasteiger partial charge in [0.2, 0.25) is 5.91 Å². The van der Waals surface area contributed by atoms with E-state index in [1.165, 1.54) is 4.90 Å². The van der Waals surface area contributed by atoms with E-state index in [0.717, 1.165) is 0 Å². The van der Waals surface area contributed by atoms with E-state index >= 15 is 0 Å². The molecule has 2 unspecified atom stereocenters. The summed E-state index contributed by atoms with van der Waals surface area (Å²) in [6.07, 6.45) is 0.531. The molecule has 1 fully saturated rings. The molecule has 1 saturated heterocycles. The van der Waals surface area contributed by atoms with Crippen molar-refractivity contribution in [3.05, 3.63) is 0 Å². The van der Waals surface area contributed by atoms with E-state index in [2.05, 4.69) is 12.6 Å². The fraction of sp³-hybridized carbons (Fsp3) is 0.778. The molecule has 1 rings (SSSR count). The number of nitrogens with zero attached hydrogens (tertiary/aromatic N) is 1. The van der Waals surface area contributed by atoms with E-state index in [9.17, 15) is 9.59 Å². The number of carboxylic acids is 1. The summed E-state index contributed by atoms with van der Waals surface area (Å²) in [4.78, 5) is 24.1. The molecule has 0 aromatic carbocycles. The highest BCUT2D eigenvalue weighted by Gasteiger charge is 2.41. The molecule has 0 bridgehead atoms. The van der Waals surface area contributed by atoms with Gasteiger partial charge in [0, 0.05) is 18.2 Å². The molecule has 0 radical (unpaired) electrons. The number of halogens is 1. The normalized spacial score (nSPS) is 27.8. The zero-order chi connectivity index (χ0) is 11.6. The van der Waals surface area contributed by atoms with Crippen LogP contribution in [0.2, 0.25) is 0 Å². The van der Waals surface area contributed by atoms with E-state index in [1.807, 2.05) is 0 Å². The predicted molar refractivity (Wildman–Crippen MR) is 60.4 cm³/mol. The van der Waals surface area contributed by atoms with E-state index in [4.69, 9.17) is 16.7 Å². The van der Waals surface area contributed by atoms with Gasteiger partial charge in [0.1, 0.15) is 6.04 Å². The van der Waals surface area contributed by atoms with Gasteiger partial charge >= 0.3 is 5.97 Å². The van der Waals surface area contributed by atoms with Crippen LogP contribution in [0.4, 0.5) is 0 Å². The minimum atomic E-state index is -1.03. The Kier molecular flexibility index (Phi) is 4.28. The van der Waals surface area contributed by atoms with Crippen molar-refractivity contribution in [1.82, 2.24) is 4.90 Å². The summed E-state index contributed by atoms with van der Waals surface area (Å²) < 4.78 is 0. The first kappa shape index (κ1) is 12.6. The summed E-state index contributed by atoms with van der Waals surface area (Å²) in [6.45, 7) is 2.15. The molecule has 0 aromatic heterocycles. The van der Waals surface area contributed by atoms with E-state index in [0.29, 0.717) is 18.7 Å². The van der Waals surface area contributed by atoms with Crippen LogP contribution in [0.15, 0.2) is 0 Å². The van der Waals surface area contributed by atoms with Gasteiger partial charge in [-0.05, 0) is 6.42 Å². The van der Waals surface area contributed by atoms with Crippen molar-refractivity contribution in [2.24, 2.45) is 5.92 Å². The fourth-order valence-corrected chi connectivity index (χ4v) is 2.15. The Balaban J connectivity index is 2.77. The number of hydrogen-bond donors (Lipinski definition) is 2. The Morgan fingerprint density at radius 2 is 2.27 bits per heavy atom. The average Bonchev–Trinajstić information content (AvgIpc) is 2.57. The molecule has 1 aliphatic rings. The number of thiol groups is 1. The largest absolute Gasteiger partial charge is 0.480 e. The van der Waals surface area contributed by atoms with Crippen LogP contribution in [0.25, 0.3) is 0 Å². The van der Waals surface area contributed by atoms with Crippen LogP contribution in [0.3, 0.4) is 0 Å². The van der Waals surface area contributed by atoms with Crippen LogP contribution in [0.1, 0.15) is 13.3 Å². The minimum absolute atomic E-state index is 0.180. The summed E-state index contributed by atoms with van der Waals surface area (Å²) in [5.41, 5.74) is 0. The van der Waals surface area contributed by atoms with E-state index in [1.54, 1.807) is 6.92 Å². The number of rotatable bonds is 3. The quantitative estimate of drug-likeness (QED) is 0.578. The van der Waals surface area contributed by atoms with Crippen molar-refractivity contribution >= 4 is 36.1 Å². The summed E-state index contributed by atoms with van der Waals surface area (Å²) in [5.74, 6) is -1.07. The second-order valence-electron chi connectivity index (χ2n) is 3.70. The predicted octanol–water partition coefficient (Wildman–Crippen LogP) is 0.845. The number of likely N-dealkylation sites (tertiary alicyclic amines) is 1. The van der Waals surface area contributed by atoms with Crippen molar-refractivity contribution < 1.29 is 14.7 Å². The van der Waals surface area contributed by atoms with Gasteiger partial charge in [0.05, 0.1) is 5.38 Å². The molecular formula is C9H14ClNO3S. The van der Waals surface area contributed by atoms with Crippen molar-refractivity contribution in [2.45, 2.75) is 24.8 Å². The summed E-state index contributed by atoms with van der Waals surface area (Å²) >= 11 is 9.89. The lowest BCUT2D eigenvalue weighted by Gasteiger charge is -2.25. The number of carbonyl (C=O) groups excluding carboxylic acids is 1. The molecule has 6 heteroatoms. The maximum atomic E-state index is 11.8. The molecule has 0 spiro atoms. The summed E-state index contributed by atoms with van der Waals surface area (Å²) in [5, 5.41) is 8.47. The first-order valence-electron chi connectivity index (χ1n) is 4.77. The summed E-state index contributed by atoms with van der Waals surface area (Å²) in [6, 6.07) is -0.888. The minimum Gasteiger partial charge on any atom is -0.480 e. The maximum absolute atomic E-state index is 11.8. The van der Waals surface area contributed by atoms with Gasteiger partial charge in [-0.15, -0.1) is 11.6 Å². The number of alkyl halides is 1. The van der Waals surface area contributed by atoms with Crippen LogP contribution in [-0.4, -0.2) is 45.6 Å². The first-order valence-corrected chi connectivity index (χ1v) is 5.84. The molecule has 0 aromatic rings. The Hall–Kier alpha value is -0.420. The Morgan fingerprint density at radius 3 is 2.73 bits per heavy atom. The number of hydrogen-bond acceptors (Lipinski definition) is 3. The molecule has 3 atom stereocenters. The highest BCUT2D eigenvalue weighted by Crippen LogP contribution is 2.25. The van der Waals surface area contributed by atoms with Gasteiger partial charge in [-0.25, -0.2) is 4.79 Å². The van der Waals surface area contributed by atoms with Gasteiger partial charge < -0.3 is 10.0 Å². The molecule has 1 N–H and O–H groups in total.